The van der Waals surface area contributed by atoms with Crippen molar-refractivity contribution in [3.8, 4) is 11.1 Å². The predicted molar refractivity (Wildman–Crippen MR) is 116 cm³/mol. The van der Waals surface area contributed by atoms with Gasteiger partial charge in [0.2, 0.25) is 0 Å². The first-order valence-corrected chi connectivity index (χ1v) is 11.0. The Bertz CT molecular complexity index is 993. The number of fused-ring (bicyclic) bond motifs is 3. The molecule has 3 aromatic rings. The molecule has 0 aromatic heterocycles. The molecule has 0 atom stereocenters. The predicted octanol–water partition coefficient (Wildman–Crippen LogP) is 6.23. The fourth-order valence-electron chi connectivity index (χ4n) is 4.27. The van der Waals surface area contributed by atoms with Crippen molar-refractivity contribution in [3.63, 3.8) is 0 Å². The second-order valence-corrected chi connectivity index (χ2v) is 8.53. The minimum atomic E-state index is -0.217. The maximum absolute atomic E-state index is 2.38. The van der Waals surface area contributed by atoms with E-state index in [0.717, 1.165) is 0 Å². The SMILES string of the molecule is C1=CC(C2(c3ccccc3)c3ccccc3-c3ccccc32)=CC=I1. The van der Waals surface area contributed by atoms with Gasteiger partial charge in [0.15, 0.2) is 0 Å². The van der Waals surface area contributed by atoms with Gasteiger partial charge in [0.25, 0.3) is 0 Å². The van der Waals surface area contributed by atoms with Crippen LogP contribution in [-0.4, -0.2) is 4.01 Å². The zero-order valence-corrected chi connectivity index (χ0v) is 15.9. The van der Waals surface area contributed by atoms with Gasteiger partial charge in [-0.05, 0) is 41.5 Å². The summed E-state index contributed by atoms with van der Waals surface area (Å²) in [4.78, 5) is 0. The fraction of sp³-hybridized carbons (Fsp3) is 0.0417. The van der Waals surface area contributed by atoms with E-state index in [1.54, 1.807) is 0 Å². The standard InChI is InChI=1S/C24H17I/c1-2-8-18(9-3-1)24(19-14-16-25-17-15-19)22-12-6-4-10-20(22)21-11-5-7-13-23(21)24/h1-17H. The van der Waals surface area contributed by atoms with Crippen LogP contribution in [0.5, 0.6) is 0 Å². The van der Waals surface area contributed by atoms with Gasteiger partial charge in [0, 0.05) is 0 Å². The number of halogens is 1. The largest absolute Gasteiger partial charge is 0.0937 e. The molecule has 0 fully saturated rings. The van der Waals surface area contributed by atoms with E-state index >= 15 is 0 Å². The van der Waals surface area contributed by atoms with Crippen LogP contribution in [0.15, 0.2) is 101 Å². The third kappa shape index (κ3) is 2.09. The lowest BCUT2D eigenvalue weighted by Crippen LogP contribution is -2.29. The first kappa shape index (κ1) is 15.0. The Morgan fingerprint density at radius 2 is 1.24 bits per heavy atom. The van der Waals surface area contributed by atoms with Gasteiger partial charge in [-0.25, -0.2) is 0 Å². The molecule has 5 rings (SSSR count). The van der Waals surface area contributed by atoms with Gasteiger partial charge >= 0.3 is 0 Å². The molecule has 1 aliphatic carbocycles. The molecule has 0 spiro atoms. The third-order valence-electron chi connectivity index (χ3n) is 5.22. The van der Waals surface area contributed by atoms with E-state index < -0.39 is 0 Å². The summed E-state index contributed by atoms with van der Waals surface area (Å²) < 4.78 is 4.75. The van der Waals surface area contributed by atoms with E-state index in [1.807, 2.05) is 0 Å². The number of benzene rings is 3. The molecule has 1 aliphatic heterocycles. The highest BCUT2D eigenvalue weighted by atomic mass is 127. The van der Waals surface area contributed by atoms with Crippen LogP contribution >= 0.6 is 20.7 Å². The molecule has 120 valence electrons. The van der Waals surface area contributed by atoms with E-state index in [0.29, 0.717) is 0 Å². The Balaban J connectivity index is 1.96. The molecule has 0 unspecified atom stereocenters. The molecule has 0 radical (unpaired) electrons. The summed E-state index contributed by atoms with van der Waals surface area (Å²) in [6, 6.07) is 28.8. The molecule has 0 N–H and O–H groups in total. The maximum atomic E-state index is 2.38. The Morgan fingerprint density at radius 1 is 0.640 bits per heavy atom. The normalized spacial score (nSPS) is 16.6. The molecule has 0 amide bonds. The molecule has 0 saturated carbocycles. The second-order valence-electron chi connectivity index (χ2n) is 6.37. The van der Waals surface area contributed by atoms with Crippen LogP contribution in [0.25, 0.3) is 11.1 Å². The van der Waals surface area contributed by atoms with Crippen molar-refractivity contribution in [2.45, 2.75) is 5.41 Å². The highest BCUT2D eigenvalue weighted by Gasteiger charge is 2.46. The van der Waals surface area contributed by atoms with E-state index in [4.69, 9.17) is 0 Å². The first-order chi connectivity index (χ1) is 12.4. The van der Waals surface area contributed by atoms with Crippen LogP contribution in [0, 0.1) is 0 Å². The summed E-state index contributed by atoms with van der Waals surface area (Å²) in [7, 11) is 0. The van der Waals surface area contributed by atoms with E-state index in [2.05, 4.69) is 99.1 Å². The summed E-state index contributed by atoms with van der Waals surface area (Å²) in [5, 5.41) is 0. The van der Waals surface area contributed by atoms with Gasteiger partial charge in [0.1, 0.15) is 0 Å². The Morgan fingerprint density at radius 3 is 1.84 bits per heavy atom. The van der Waals surface area contributed by atoms with Gasteiger partial charge < -0.3 is 0 Å². The number of hydrogen-bond donors (Lipinski definition) is 0. The minimum Gasteiger partial charge on any atom is -0.0937 e. The molecule has 3 aromatic carbocycles. The Labute approximate surface area is 158 Å². The van der Waals surface area contributed by atoms with Crippen LogP contribution in [0.1, 0.15) is 16.7 Å². The molecule has 0 saturated heterocycles. The van der Waals surface area contributed by atoms with Gasteiger partial charge in [-0.2, -0.15) is 0 Å². The van der Waals surface area contributed by atoms with Gasteiger partial charge in [0.05, 0.1) is 5.41 Å². The highest BCUT2D eigenvalue weighted by Crippen LogP contribution is 2.56. The minimum absolute atomic E-state index is 0.0606. The lowest BCUT2D eigenvalue weighted by molar-refractivity contribution is 0.769. The summed E-state index contributed by atoms with van der Waals surface area (Å²) in [6.45, 7) is 0. The van der Waals surface area contributed by atoms with E-state index in [9.17, 15) is 0 Å². The van der Waals surface area contributed by atoms with Crippen LogP contribution in [0.3, 0.4) is 0 Å². The number of hydrogen-bond acceptors (Lipinski definition) is 0. The molecular formula is C24H17I. The molecule has 2 aliphatic rings. The monoisotopic (exact) mass is 432 g/mol. The van der Waals surface area contributed by atoms with Crippen molar-refractivity contribution in [2.24, 2.45) is 0 Å². The van der Waals surface area contributed by atoms with Crippen molar-refractivity contribution >= 4 is 24.7 Å². The molecule has 0 nitrogen and oxygen atoms in total. The Kier molecular flexibility index (Phi) is 3.56. The summed E-state index contributed by atoms with van der Waals surface area (Å²) >= 11 is 0.0606. The molecule has 0 bridgehead atoms. The maximum Gasteiger partial charge on any atom is 0.0713 e. The van der Waals surface area contributed by atoms with Crippen molar-refractivity contribution in [3.05, 3.63) is 117 Å². The molecule has 25 heavy (non-hydrogen) atoms. The van der Waals surface area contributed by atoms with Crippen molar-refractivity contribution in [2.75, 3.05) is 0 Å². The van der Waals surface area contributed by atoms with Gasteiger partial charge in [-0.1, -0.05) is 112 Å². The van der Waals surface area contributed by atoms with Crippen LogP contribution in [-0.2, 0) is 5.41 Å². The summed E-state index contributed by atoms with van der Waals surface area (Å²) in [6.07, 6.45) is 4.72. The topological polar surface area (TPSA) is 0 Å². The average Bonchev–Trinajstić information content (AvgIpc) is 3.01. The number of allylic oxidation sites excluding steroid dienone is 3. The lowest BCUT2D eigenvalue weighted by Gasteiger charge is -2.35. The smallest absolute Gasteiger partial charge is 0.0713 e. The zero-order valence-electron chi connectivity index (χ0n) is 13.7. The number of rotatable bonds is 2. The van der Waals surface area contributed by atoms with Gasteiger partial charge in [-0.3, -0.25) is 0 Å². The second kappa shape index (κ2) is 5.92. The van der Waals surface area contributed by atoms with Crippen LogP contribution in [0.2, 0.25) is 0 Å². The van der Waals surface area contributed by atoms with E-state index in [-0.39, 0.29) is 26.1 Å². The average molecular weight is 432 g/mol. The first-order valence-electron chi connectivity index (χ1n) is 8.50. The fourth-order valence-corrected chi connectivity index (χ4v) is 5.70. The van der Waals surface area contributed by atoms with E-state index in [1.165, 1.54) is 33.4 Å². The third-order valence-corrected chi connectivity index (χ3v) is 6.77. The lowest BCUT2D eigenvalue weighted by atomic mass is 9.67. The molecule has 1 heteroatoms. The highest BCUT2D eigenvalue weighted by molar-refractivity contribution is 14.2. The van der Waals surface area contributed by atoms with Crippen molar-refractivity contribution in [1.82, 2.24) is 0 Å². The molecular weight excluding hydrogens is 415 g/mol. The Hall–Kier alpha value is -2.26. The quantitative estimate of drug-likeness (QED) is 0.422. The van der Waals surface area contributed by atoms with Crippen molar-refractivity contribution in [1.29, 1.82) is 0 Å². The molecule has 1 heterocycles. The zero-order chi connectivity index (χ0) is 16.7. The van der Waals surface area contributed by atoms with Crippen LogP contribution < -0.4 is 0 Å². The summed E-state index contributed by atoms with van der Waals surface area (Å²) in [5.41, 5.74) is 8.01. The van der Waals surface area contributed by atoms with Crippen LogP contribution in [0.4, 0.5) is 0 Å². The van der Waals surface area contributed by atoms with Gasteiger partial charge in [-0.15, -0.1) is 0 Å². The van der Waals surface area contributed by atoms with Crippen molar-refractivity contribution < 1.29 is 0 Å². The summed E-state index contributed by atoms with van der Waals surface area (Å²) in [5.74, 6) is 0.